The second kappa shape index (κ2) is 7.21. The molecule has 25 heavy (non-hydrogen) atoms. The van der Waals surface area contributed by atoms with E-state index in [0.717, 1.165) is 11.1 Å². The number of nitrogens with one attached hydrogen (secondary N) is 1. The maximum atomic E-state index is 12.6. The van der Waals surface area contributed by atoms with Gasteiger partial charge in [0, 0.05) is 7.11 Å². The summed E-state index contributed by atoms with van der Waals surface area (Å²) in [4.78, 5) is 12.6. The van der Waals surface area contributed by atoms with Gasteiger partial charge in [-0.15, -0.1) is 0 Å². The number of carbonyl (C=O) groups excluding carboxylic acids is 1. The largest absolute Gasteiger partial charge is 0.367 e. The van der Waals surface area contributed by atoms with Gasteiger partial charge in [-0.25, -0.2) is 13.1 Å². The third kappa shape index (κ3) is 3.81. The lowest BCUT2D eigenvalue weighted by molar-refractivity contribution is -0.129. The van der Waals surface area contributed by atoms with E-state index in [0.29, 0.717) is 18.4 Å². The number of allylic oxidation sites excluding steroid dienone is 1. The van der Waals surface area contributed by atoms with Crippen LogP contribution in [0.2, 0.25) is 0 Å². The monoisotopic (exact) mass is 357 g/mol. The summed E-state index contributed by atoms with van der Waals surface area (Å²) in [6, 6.07) is 16.4. The zero-order valence-corrected chi connectivity index (χ0v) is 14.6. The number of ether oxygens (including phenoxy) is 1. The summed E-state index contributed by atoms with van der Waals surface area (Å²) in [7, 11) is -2.53. The standard InChI is InChI=1S/C19H19NO4S/c1-24-18(15-8-3-2-4-9-15)19(21)20-25(22,23)17-12-11-14-7-5-6-10-16(14)13-17/h2-10,13,18H,11-12H2,1H3,(H,20,21). The van der Waals surface area contributed by atoms with Gasteiger partial charge in [0.1, 0.15) is 0 Å². The minimum Gasteiger partial charge on any atom is -0.367 e. The van der Waals surface area contributed by atoms with Crippen LogP contribution < -0.4 is 4.72 Å². The van der Waals surface area contributed by atoms with Crippen LogP contribution in [0.5, 0.6) is 0 Å². The van der Waals surface area contributed by atoms with Crippen LogP contribution in [-0.2, 0) is 26.0 Å². The number of aryl methyl sites for hydroxylation is 1. The zero-order chi connectivity index (χ0) is 17.9. The quantitative estimate of drug-likeness (QED) is 0.893. The summed E-state index contributed by atoms with van der Waals surface area (Å²) in [5.74, 6) is -0.701. The Balaban J connectivity index is 1.82. The van der Waals surface area contributed by atoms with Gasteiger partial charge in [-0.1, -0.05) is 54.6 Å². The Kier molecular flexibility index (Phi) is 5.01. The minimum absolute atomic E-state index is 0.211. The van der Waals surface area contributed by atoms with Crippen molar-refractivity contribution in [3.63, 3.8) is 0 Å². The molecule has 1 aliphatic rings. The van der Waals surface area contributed by atoms with Crippen molar-refractivity contribution in [3.8, 4) is 0 Å². The van der Waals surface area contributed by atoms with Crippen LogP contribution in [0.1, 0.15) is 29.2 Å². The maximum Gasteiger partial charge on any atom is 0.267 e. The number of methoxy groups -OCH3 is 1. The Hall–Kier alpha value is -2.44. The number of rotatable bonds is 5. The highest BCUT2D eigenvalue weighted by molar-refractivity contribution is 7.94. The number of fused-ring (bicyclic) bond motifs is 1. The summed E-state index contributed by atoms with van der Waals surface area (Å²) in [5.41, 5.74) is 2.57. The highest BCUT2D eigenvalue weighted by Crippen LogP contribution is 2.27. The fourth-order valence-corrected chi connectivity index (χ4v) is 4.05. The average molecular weight is 357 g/mol. The van der Waals surface area contributed by atoms with E-state index >= 15 is 0 Å². The Labute approximate surface area is 147 Å². The molecule has 0 bridgehead atoms. The summed E-state index contributed by atoms with van der Waals surface area (Å²) in [5, 5.41) is 0. The van der Waals surface area contributed by atoms with E-state index in [1.54, 1.807) is 30.3 Å². The summed E-state index contributed by atoms with van der Waals surface area (Å²) in [6.45, 7) is 0. The van der Waals surface area contributed by atoms with Gasteiger partial charge in [-0.3, -0.25) is 4.79 Å². The number of amides is 1. The van der Waals surface area contributed by atoms with Crippen molar-refractivity contribution in [3.05, 3.63) is 76.2 Å². The van der Waals surface area contributed by atoms with Gasteiger partial charge in [0.2, 0.25) is 0 Å². The Bertz CT molecular complexity index is 904. The van der Waals surface area contributed by atoms with E-state index in [4.69, 9.17) is 4.74 Å². The predicted octanol–water partition coefficient (Wildman–Crippen LogP) is 2.81. The first kappa shape index (κ1) is 17.4. The number of sulfonamides is 1. The van der Waals surface area contributed by atoms with Crippen molar-refractivity contribution < 1.29 is 17.9 Å². The average Bonchev–Trinajstić information content (AvgIpc) is 2.62. The molecule has 1 N–H and O–H groups in total. The Morgan fingerprint density at radius 1 is 1.04 bits per heavy atom. The van der Waals surface area contributed by atoms with E-state index < -0.39 is 22.0 Å². The van der Waals surface area contributed by atoms with Crippen LogP contribution >= 0.6 is 0 Å². The number of carbonyl (C=O) groups is 1. The van der Waals surface area contributed by atoms with Crippen molar-refractivity contribution >= 4 is 22.0 Å². The molecule has 0 aliphatic heterocycles. The molecule has 2 aromatic rings. The maximum absolute atomic E-state index is 12.6. The molecule has 1 amide bonds. The van der Waals surface area contributed by atoms with Crippen LogP contribution in [0, 0.1) is 0 Å². The second-order valence-electron chi connectivity index (χ2n) is 5.81. The van der Waals surface area contributed by atoms with E-state index in [9.17, 15) is 13.2 Å². The molecule has 0 fully saturated rings. The number of hydrogen-bond donors (Lipinski definition) is 1. The number of benzene rings is 2. The van der Waals surface area contributed by atoms with Gasteiger partial charge in [0.15, 0.2) is 6.10 Å². The molecule has 0 saturated heterocycles. The molecule has 1 atom stereocenters. The third-order valence-electron chi connectivity index (χ3n) is 4.17. The van der Waals surface area contributed by atoms with Crippen LogP contribution in [0.25, 0.3) is 6.08 Å². The lowest BCUT2D eigenvalue weighted by Crippen LogP contribution is -2.36. The highest BCUT2D eigenvalue weighted by atomic mass is 32.2. The molecule has 3 rings (SSSR count). The lowest BCUT2D eigenvalue weighted by atomic mass is 9.98. The van der Waals surface area contributed by atoms with Gasteiger partial charge in [-0.2, -0.15) is 0 Å². The first-order valence-electron chi connectivity index (χ1n) is 7.94. The Morgan fingerprint density at radius 2 is 1.72 bits per heavy atom. The summed E-state index contributed by atoms with van der Waals surface area (Å²) < 4.78 is 32.5. The molecule has 5 nitrogen and oxygen atoms in total. The summed E-state index contributed by atoms with van der Waals surface area (Å²) >= 11 is 0. The molecular formula is C19H19NO4S. The highest BCUT2D eigenvalue weighted by Gasteiger charge is 2.28. The Morgan fingerprint density at radius 3 is 2.44 bits per heavy atom. The van der Waals surface area contributed by atoms with Crippen molar-refractivity contribution in [1.29, 1.82) is 0 Å². The van der Waals surface area contributed by atoms with Crippen LogP contribution in [0.3, 0.4) is 0 Å². The predicted molar refractivity (Wildman–Crippen MR) is 96.0 cm³/mol. The van der Waals surface area contributed by atoms with E-state index in [-0.39, 0.29) is 4.91 Å². The lowest BCUT2D eigenvalue weighted by Gasteiger charge is -2.19. The fraction of sp³-hybridized carbons (Fsp3) is 0.211. The molecule has 0 saturated carbocycles. The van der Waals surface area contributed by atoms with Crippen molar-refractivity contribution in [2.24, 2.45) is 0 Å². The van der Waals surface area contributed by atoms with Crippen molar-refractivity contribution in [2.45, 2.75) is 18.9 Å². The van der Waals surface area contributed by atoms with Gasteiger partial charge < -0.3 is 4.74 Å². The van der Waals surface area contributed by atoms with Gasteiger partial charge in [0.25, 0.3) is 15.9 Å². The first-order valence-corrected chi connectivity index (χ1v) is 9.42. The van der Waals surface area contributed by atoms with Crippen molar-refractivity contribution in [2.75, 3.05) is 7.11 Å². The molecule has 0 aromatic heterocycles. The first-order chi connectivity index (χ1) is 12.0. The second-order valence-corrected chi connectivity index (χ2v) is 7.54. The van der Waals surface area contributed by atoms with Gasteiger partial charge in [0.05, 0.1) is 4.91 Å². The van der Waals surface area contributed by atoms with E-state index in [2.05, 4.69) is 4.72 Å². The molecule has 1 aliphatic carbocycles. The third-order valence-corrected chi connectivity index (χ3v) is 5.65. The van der Waals surface area contributed by atoms with Crippen LogP contribution in [0.4, 0.5) is 0 Å². The molecule has 0 heterocycles. The molecule has 0 spiro atoms. The molecule has 1 unspecified atom stereocenters. The SMILES string of the molecule is COC(C(=O)NS(=O)(=O)C1=Cc2ccccc2CC1)c1ccccc1. The minimum atomic E-state index is -3.91. The van der Waals surface area contributed by atoms with Gasteiger partial charge in [-0.05, 0) is 35.6 Å². The zero-order valence-electron chi connectivity index (χ0n) is 13.8. The summed E-state index contributed by atoms with van der Waals surface area (Å²) in [6.07, 6.45) is 1.64. The molecule has 0 radical (unpaired) electrons. The smallest absolute Gasteiger partial charge is 0.267 e. The van der Waals surface area contributed by atoms with E-state index in [1.807, 2.05) is 30.3 Å². The van der Waals surface area contributed by atoms with Gasteiger partial charge >= 0.3 is 0 Å². The molecule has 6 heteroatoms. The number of hydrogen-bond acceptors (Lipinski definition) is 4. The molecular weight excluding hydrogens is 338 g/mol. The van der Waals surface area contributed by atoms with E-state index in [1.165, 1.54) is 7.11 Å². The van der Waals surface area contributed by atoms with Crippen LogP contribution in [0.15, 0.2) is 59.5 Å². The molecule has 2 aromatic carbocycles. The fourth-order valence-electron chi connectivity index (χ4n) is 2.89. The molecule has 130 valence electrons. The normalized spacial score (nSPS) is 15.0. The topological polar surface area (TPSA) is 72.5 Å². The van der Waals surface area contributed by atoms with Crippen LogP contribution in [-0.4, -0.2) is 21.4 Å². The van der Waals surface area contributed by atoms with Crippen molar-refractivity contribution in [1.82, 2.24) is 4.72 Å².